The van der Waals surface area contributed by atoms with Crippen molar-refractivity contribution in [1.29, 1.82) is 0 Å². The number of nitrogens with zero attached hydrogens (tertiary/aromatic N) is 4. The Labute approximate surface area is 179 Å². The Morgan fingerprint density at radius 1 is 0.968 bits per heavy atom. The normalized spacial score (nSPS) is 12.5. The number of nitrogens with two attached hydrogens (primary N) is 1. The average molecular weight is 439 g/mol. The molecule has 2 heterocycles. The Bertz CT molecular complexity index is 1140. The first-order valence-corrected chi connectivity index (χ1v) is 11.4. The van der Waals surface area contributed by atoms with E-state index in [1.165, 1.54) is 6.33 Å². The number of nitrogen functional groups attached to an aromatic ring is 1. The molecule has 160 valence electrons. The molecule has 0 bridgehead atoms. The second kappa shape index (κ2) is 9.16. The van der Waals surface area contributed by atoms with Crippen molar-refractivity contribution in [1.82, 2.24) is 19.5 Å². The number of hydrogen-bond acceptors (Lipinski definition) is 8. The van der Waals surface area contributed by atoms with Gasteiger partial charge in [0.25, 0.3) is 0 Å². The van der Waals surface area contributed by atoms with Gasteiger partial charge in [-0.2, -0.15) is 0 Å². The second-order valence-electron chi connectivity index (χ2n) is 6.85. The van der Waals surface area contributed by atoms with Crippen molar-refractivity contribution in [3.63, 3.8) is 0 Å². The molecule has 4 aromatic rings. The summed E-state index contributed by atoms with van der Waals surface area (Å²) >= 11 is 0. The highest BCUT2D eigenvalue weighted by Gasteiger charge is 2.30. The molecule has 0 aliphatic heterocycles. The molecule has 0 radical (unpaired) electrons. The Morgan fingerprint density at radius 3 is 2.19 bits per heavy atom. The minimum absolute atomic E-state index is 0.234. The van der Waals surface area contributed by atoms with Gasteiger partial charge in [-0.3, -0.25) is 0 Å². The van der Waals surface area contributed by atoms with Gasteiger partial charge in [0.2, 0.25) is 0 Å². The van der Waals surface area contributed by atoms with Crippen molar-refractivity contribution in [2.45, 2.75) is 19.6 Å². The highest BCUT2D eigenvalue weighted by molar-refractivity contribution is 7.54. The van der Waals surface area contributed by atoms with Gasteiger partial charge in [-0.05, 0) is 31.2 Å². The fraction of sp³-hybridized carbons (Fsp3) is 0.190. The molecule has 2 aromatic heterocycles. The summed E-state index contributed by atoms with van der Waals surface area (Å²) in [5.41, 5.74) is 6.97. The molecule has 2 aromatic carbocycles. The average Bonchev–Trinajstić information content (AvgIpc) is 3.18. The third kappa shape index (κ3) is 5.20. The first kappa shape index (κ1) is 20.8. The predicted molar refractivity (Wildman–Crippen MR) is 117 cm³/mol. The summed E-state index contributed by atoms with van der Waals surface area (Å²) in [4.78, 5) is 12.4. The minimum atomic E-state index is -3.66. The lowest BCUT2D eigenvalue weighted by molar-refractivity contribution is 0.0780. The fourth-order valence-electron chi connectivity index (χ4n) is 2.94. The molecule has 9 nitrogen and oxygen atoms in total. The van der Waals surface area contributed by atoms with Crippen LogP contribution in [0.15, 0.2) is 73.3 Å². The van der Waals surface area contributed by atoms with E-state index in [2.05, 4.69) is 15.0 Å². The molecule has 0 saturated carbocycles. The Kier molecular flexibility index (Phi) is 6.16. The van der Waals surface area contributed by atoms with E-state index in [-0.39, 0.29) is 12.5 Å². The van der Waals surface area contributed by atoms with Crippen molar-refractivity contribution < 1.29 is 18.3 Å². The van der Waals surface area contributed by atoms with Crippen LogP contribution in [0.4, 0.5) is 5.82 Å². The number of anilines is 1. The minimum Gasteiger partial charge on any atom is -0.415 e. The van der Waals surface area contributed by atoms with Gasteiger partial charge in [0, 0.05) is 0 Å². The van der Waals surface area contributed by atoms with E-state index in [0.29, 0.717) is 35.0 Å². The Hall–Kier alpha value is -3.42. The van der Waals surface area contributed by atoms with Gasteiger partial charge in [-0.15, -0.1) is 0 Å². The van der Waals surface area contributed by atoms with Crippen LogP contribution < -0.4 is 14.8 Å². The van der Waals surface area contributed by atoms with Crippen LogP contribution in [-0.4, -0.2) is 32.0 Å². The topological polar surface area (TPSA) is 114 Å². The molecule has 0 saturated heterocycles. The number of imidazole rings is 1. The number of rotatable bonds is 9. The molecule has 2 N–H and O–H groups in total. The molecule has 0 unspecified atom stereocenters. The molecule has 0 aliphatic carbocycles. The van der Waals surface area contributed by atoms with Gasteiger partial charge in [0.1, 0.15) is 23.3 Å². The SMILES string of the molecule is C[C@H](Cn1cnc2c(N)ncnc21)OCP(=O)(Oc1ccccc1)Oc1ccccc1. The highest BCUT2D eigenvalue weighted by atomic mass is 31.2. The van der Waals surface area contributed by atoms with Crippen LogP contribution >= 0.6 is 7.60 Å². The van der Waals surface area contributed by atoms with E-state index in [1.54, 1.807) is 59.4 Å². The summed E-state index contributed by atoms with van der Waals surface area (Å²) in [7, 11) is -3.66. The largest absolute Gasteiger partial charge is 0.456 e. The zero-order valence-corrected chi connectivity index (χ0v) is 17.8. The molecule has 0 amide bonds. The van der Waals surface area contributed by atoms with Crippen LogP contribution in [0.1, 0.15) is 6.92 Å². The van der Waals surface area contributed by atoms with Crippen LogP contribution in [0.5, 0.6) is 11.5 Å². The molecule has 0 spiro atoms. The van der Waals surface area contributed by atoms with Crippen molar-refractivity contribution in [3.05, 3.63) is 73.3 Å². The highest BCUT2D eigenvalue weighted by Crippen LogP contribution is 2.48. The number of benzene rings is 2. The van der Waals surface area contributed by atoms with Crippen molar-refractivity contribution in [3.8, 4) is 11.5 Å². The number of aromatic nitrogens is 4. The lowest BCUT2D eigenvalue weighted by atomic mass is 10.3. The molecular formula is C21H22N5O4P. The monoisotopic (exact) mass is 439 g/mol. The second-order valence-corrected chi connectivity index (χ2v) is 8.70. The van der Waals surface area contributed by atoms with Crippen LogP contribution in [0.2, 0.25) is 0 Å². The third-order valence-corrected chi connectivity index (χ3v) is 5.82. The van der Waals surface area contributed by atoms with E-state index in [0.717, 1.165) is 0 Å². The summed E-state index contributed by atoms with van der Waals surface area (Å²) < 4.78 is 32.6. The lowest BCUT2D eigenvalue weighted by Gasteiger charge is -2.22. The summed E-state index contributed by atoms with van der Waals surface area (Å²) in [6.07, 6.45) is 2.44. The van der Waals surface area contributed by atoms with Crippen LogP contribution in [0, 0.1) is 0 Å². The summed E-state index contributed by atoms with van der Waals surface area (Å²) in [6.45, 7) is 2.27. The maximum absolute atomic E-state index is 13.5. The smallest absolute Gasteiger partial charge is 0.415 e. The first-order chi connectivity index (χ1) is 15.0. The lowest BCUT2D eigenvalue weighted by Crippen LogP contribution is -2.19. The Balaban J connectivity index is 1.47. The van der Waals surface area contributed by atoms with Crippen LogP contribution in [0.25, 0.3) is 11.2 Å². The molecular weight excluding hydrogens is 417 g/mol. The number of para-hydroxylation sites is 2. The third-order valence-electron chi connectivity index (χ3n) is 4.38. The standard InChI is InChI=1S/C21H22N5O4P/c1-16(12-26-14-25-19-20(22)23-13-24-21(19)26)28-15-31(27,29-17-8-4-2-5-9-17)30-18-10-6-3-7-11-18/h2-11,13-14,16H,12,15H2,1H3,(H2,22,23,24)/t16-/m1/s1. The van der Waals surface area contributed by atoms with E-state index in [1.807, 2.05) is 19.1 Å². The molecule has 0 aliphatic rings. The molecule has 31 heavy (non-hydrogen) atoms. The van der Waals surface area contributed by atoms with E-state index >= 15 is 0 Å². The predicted octanol–water partition coefficient (Wildman–Crippen LogP) is 4.12. The van der Waals surface area contributed by atoms with Gasteiger partial charge >= 0.3 is 7.60 Å². The maximum atomic E-state index is 13.5. The van der Waals surface area contributed by atoms with Crippen molar-refractivity contribution in [2.24, 2.45) is 0 Å². The van der Waals surface area contributed by atoms with Crippen LogP contribution in [0.3, 0.4) is 0 Å². The molecule has 0 fully saturated rings. The number of fused-ring (bicyclic) bond motifs is 1. The zero-order chi connectivity index (χ0) is 21.7. The Morgan fingerprint density at radius 2 is 1.58 bits per heavy atom. The molecule has 1 atom stereocenters. The fourth-order valence-corrected chi connectivity index (χ4v) is 4.40. The van der Waals surface area contributed by atoms with Gasteiger partial charge in [0.05, 0.1) is 19.0 Å². The van der Waals surface area contributed by atoms with Gasteiger partial charge in [0.15, 0.2) is 17.8 Å². The summed E-state index contributed by atoms with van der Waals surface area (Å²) in [5, 5.41) is 0. The van der Waals surface area contributed by atoms with Crippen molar-refractivity contribution >= 4 is 24.6 Å². The van der Waals surface area contributed by atoms with Crippen LogP contribution in [-0.2, 0) is 15.8 Å². The zero-order valence-electron chi connectivity index (χ0n) is 16.9. The van der Waals surface area contributed by atoms with Gasteiger partial charge in [-0.25, -0.2) is 19.5 Å². The van der Waals surface area contributed by atoms with Gasteiger partial charge in [-0.1, -0.05) is 36.4 Å². The first-order valence-electron chi connectivity index (χ1n) is 9.64. The quantitative estimate of drug-likeness (QED) is 0.387. The van der Waals surface area contributed by atoms with E-state index in [9.17, 15) is 4.57 Å². The van der Waals surface area contributed by atoms with Crippen molar-refractivity contribution in [2.75, 3.05) is 12.1 Å². The summed E-state index contributed by atoms with van der Waals surface area (Å²) in [6, 6.07) is 17.7. The number of hydrogen-bond donors (Lipinski definition) is 1. The van der Waals surface area contributed by atoms with E-state index < -0.39 is 7.60 Å². The maximum Gasteiger partial charge on any atom is 0.456 e. The number of ether oxygens (including phenoxy) is 1. The molecule has 10 heteroatoms. The van der Waals surface area contributed by atoms with E-state index in [4.69, 9.17) is 19.5 Å². The van der Waals surface area contributed by atoms with Gasteiger partial charge < -0.3 is 24.1 Å². The summed E-state index contributed by atoms with van der Waals surface area (Å²) in [5.74, 6) is 1.19. The molecule has 4 rings (SSSR count).